The van der Waals surface area contributed by atoms with Crippen LogP contribution in [0.4, 0.5) is 0 Å². The molecule has 0 aliphatic heterocycles. The van der Waals surface area contributed by atoms with Gasteiger partial charge in [0.2, 0.25) is 5.88 Å². The first kappa shape index (κ1) is 16.4. The highest BCUT2D eigenvalue weighted by molar-refractivity contribution is 5.69. The summed E-state index contributed by atoms with van der Waals surface area (Å²) in [5.74, 6) is 1.92. The summed E-state index contributed by atoms with van der Waals surface area (Å²) >= 11 is 0. The van der Waals surface area contributed by atoms with Gasteiger partial charge >= 0.3 is 5.97 Å². The molecule has 25 heavy (non-hydrogen) atoms. The van der Waals surface area contributed by atoms with Crippen molar-refractivity contribution in [3.63, 3.8) is 0 Å². The molecule has 2 heterocycles. The van der Waals surface area contributed by atoms with E-state index in [0.717, 1.165) is 0 Å². The molecule has 1 aromatic carbocycles. The van der Waals surface area contributed by atoms with Crippen LogP contribution in [0.3, 0.4) is 0 Å². The lowest BCUT2D eigenvalue weighted by Gasteiger charge is -2.08. The van der Waals surface area contributed by atoms with Crippen LogP contribution in [-0.2, 0) is 4.79 Å². The number of carbonyl (C=O) groups excluding carboxylic acids is 1. The van der Waals surface area contributed by atoms with E-state index in [4.69, 9.17) is 14.2 Å². The fourth-order valence-electron chi connectivity index (χ4n) is 2.08. The van der Waals surface area contributed by atoms with Gasteiger partial charge in [-0.3, -0.25) is 9.78 Å². The monoisotopic (exact) mass is 337 g/mol. The molecule has 0 N–H and O–H groups in total. The van der Waals surface area contributed by atoms with Gasteiger partial charge in [-0.05, 0) is 18.2 Å². The Bertz CT molecular complexity index is 899. The van der Waals surface area contributed by atoms with E-state index in [1.54, 1.807) is 62.1 Å². The third-order valence-electron chi connectivity index (χ3n) is 3.13. The van der Waals surface area contributed by atoms with Crippen LogP contribution in [0.2, 0.25) is 0 Å². The molecular formula is C18H15N3O4. The van der Waals surface area contributed by atoms with E-state index in [9.17, 15) is 4.79 Å². The van der Waals surface area contributed by atoms with Crippen molar-refractivity contribution < 1.29 is 19.0 Å². The molecule has 126 valence electrons. The zero-order valence-corrected chi connectivity index (χ0v) is 13.7. The van der Waals surface area contributed by atoms with Crippen molar-refractivity contribution in [2.45, 2.75) is 6.92 Å². The Morgan fingerprint density at radius 2 is 1.88 bits per heavy atom. The molecule has 0 saturated carbocycles. The zero-order chi connectivity index (χ0) is 17.6. The summed E-state index contributed by atoms with van der Waals surface area (Å²) < 4.78 is 15.9. The third kappa shape index (κ3) is 4.29. The van der Waals surface area contributed by atoms with Gasteiger partial charge in [0.05, 0.1) is 13.3 Å². The molecule has 0 radical (unpaired) electrons. The molecule has 0 fully saturated rings. The topological polar surface area (TPSA) is 83.4 Å². The average molecular weight is 337 g/mol. The molecule has 0 spiro atoms. The van der Waals surface area contributed by atoms with Crippen LogP contribution in [0.25, 0.3) is 11.4 Å². The minimum Gasteiger partial charge on any atom is -0.495 e. The lowest BCUT2D eigenvalue weighted by atomic mass is 10.2. The molecule has 0 bridgehead atoms. The molecule has 7 nitrogen and oxygen atoms in total. The smallest absolute Gasteiger partial charge is 0.308 e. The molecule has 0 atom stereocenters. The van der Waals surface area contributed by atoms with E-state index in [0.29, 0.717) is 34.5 Å². The number of ether oxygens (including phenoxy) is 3. The Labute approximate surface area is 144 Å². The summed E-state index contributed by atoms with van der Waals surface area (Å²) in [7, 11) is 1.57. The number of carbonyl (C=O) groups is 1. The summed E-state index contributed by atoms with van der Waals surface area (Å²) in [6.07, 6.45) is 4.83. The Morgan fingerprint density at radius 1 is 1.04 bits per heavy atom. The molecule has 3 rings (SSSR count). The Hall–Kier alpha value is -3.48. The first-order valence-corrected chi connectivity index (χ1v) is 7.43. The molecule has 0 amide bonds. The van der Waals surface area contributed by atoms with Crippen molar-refractivity contribution in [2.24, 2.45) is 0 Å². The maximum Gasteiger partial charge on any atom is 0.308 e. The van der Waals surface area contributed by atoms with Crippen molar-refractivity contribution >= 4 is 5.97 Å². The molecule has 0 aliphatic rings. The SMILES string of the molecule is COc1cncc(-c2nccc(Oc3cccc(OC(C)=O)c3)n2)c1. The van der Waals surface area contributed by atoms with E-state index in [-0.39, 0.29) is 0 Å². The highest BCUT2D eigenvalue weighted by Gasteiger charge is 2.07. The number of hydrogen-bond donors (Lipinski definition) is 0. The van der Waals surface area contributed by atoms with Crippen molar-refractivity contribution in [1.82, 2.24) is 15.0 Å². The van der Waals surface area contributed by atoms with Crippen LogP contribution >= 0.6 is 0 Å². The molecule has 7 heteroatoms. The van der Waals surface area contributed by atoms with Crippen molar-refractivity contribution in [1.29, 1.82) is 0 Å². The first-order chi connectivity index (χ1) is 12.1. The lowest BCUT2D eigenvalue weighted by Crippen LogP contribution is -2.01. The third-order valence-corrected chi connectivity index (χ3v) is 3.13. The van der Waals surface area contributed by atoms with Gasteiger partial charge in [0.15, 0.2) is 5.82 Å². The van der Waals surface area contributed by atoms with Gasteiger partial charge in [-0.2, -0.15) is 4.98 Å². The first-order valence-electron chi connectivity index (χ1n) is 7.43. The Kier molecular flexibility index (Phi) is 4.84. The summed E-state index contributed by atoms with van der Waals surface area (Å²) in [6.45, 7) is 1.34. The van der Waals surface area contributed by atoms with Crippen molar-refractivity contribution in [3.05, 3.63) is 55.0 Å². The summed E-state index contributed by atoms with van der Waals surface area (Å²) in [4.78, 5) is 23.7. The van der Waals surface area contributed by atoms with Crippen molar-refractivity contribution in [2.75, 3.05) is 7.11 Å². The molecule has 2 aromatic heterocycles. The van der Waals surface area contributed by atoms with Crippen LogP contribution in [0.1, 0.15) is 6.92 Å². The maximum absolute atomic E-state index is 11.0. The summed E-state index contributed by atoms with van der Waals surface area (Å²) in [5, 5.41) is 0. The number of benzene rings is 1. The van der Waals surface area contributed by atoms with Crippen LogP contribution in [0.5, 0.6) is 23.1 Å². The maximum atomic E-state index is 11.0. The van der Waals surface area contributed by atoms with Gasteiger partial charge in [-0.1, -0.05) is 6.07 Å². The van der Waals surface area contributed by atoms with Crippen LogP contribution in [0.15, 0.2) is 55.0 Å². The standard InChI is InChI=1S/C18H15N3O4/c1-12(22)24-14-4-3-5-15(9-14)25-17-6-7-20-18(21-17)13-8-16(23-2)11-19-10-13/h3-11H,1-2H3. The number of methoxy groups -OCH3 is 1. The minimum absolute atomic E-state index is 0.354. The Morgan fingerprint density at radius 3 is 2.68 bits per heavy atom. The number of hydrogen-bond acceptors (Lipinski definition) is 7. The van der Waals surface area contributed by atoms with Gasteiger partial charge in [0.25, 0.3) is 0 Å². The number of pyridine rings is 1. The average Bonchev–Trinajstić information content (AvgIpc) is 2.62. The van der Waals surface area contributed by atoms with Crippen molar-refractivity contribution in [3.8, 4) is 34.5 Å². The van der Waals surface area contributed by atoms with Gasteiger partial charge < -0.3 is 14.2 Å². The molecular weight excluding hydrogens is 322 g/mol. The summed E-state index contributed by atoms with van der Waals surface area (Å²) in [5.41, 5.74) is 0.707. The molecule has 0 unspecified atom stereocenters. The van der Waals surface area contributed by atoms with Gasteiger partial charge in [-0.25, -0.2) is 4.98 Å². The summed E-state index contributed by atoms with van der Waals surface area (Å²) in [6, 6.07) is 10.2. The van der Waals surface area contributed by atoms with E-state index in [1.807, 2.05) is 0 Å². The lowest BCUT2D eigenvalue weighted by molar-refractivity contribution is -0.131. The van der Waals surface area contributed by atoms with Crippen LogP contribution in [-0.4, -0.2) is 28.0 Å². The van der Waals surface area contributed by atoms with Gasteiger partial charge in [-0.15, -0.1) is 0 Å². The Balaban J connectivity index is 1.83. The molecule has 3 aromatic rings. The zero-order valence-electron chi connectivity index (χ0n) is 13.7. The highest BCUT2D eigenvalue weighted by Crippen LogP contribution is 2.26. The van der Waals surface area contributed by atoms with Crippen LogP contribution in [0, 0.1) is 0 Å². The second-order valence-corrected chi connectivity index (χ2v) is 5.00. The predicted octanol–water partition coefficient (Wildman–Crippen LogP) is 3.26. The predicted molar refractivity (Wildman–Crippen MR) is 89.6 cm³/mol. The van der Waals surface area contributed by atoms with E-state index < -0.39 is 5.97 Å². The van der Waals surface area contributed by atoms with E-state index >= 15 is 0 Å². The van der Waals surface area contributed by atoms with Gasteiger partial charge in [0, 0.05) is 37.0 Å². The number of rotatable bonds is 5. The minimum atomic E-state index is -0.396. The number of aromatic nitrogens is 3. The number of nitrogens with zero attached hydrogens (tertiary/aromatic N) is 3. The highest BCUT2D eigenvalue weighted by atomic mass is 16.5. The van der Waals surface area contributed by atoms with Crippen LogP contribution < -0.4 is 14.2 Å². The van der Waals surface area contributed by atoms with Gasteiger partial charge in [0.1, 0.15) is 17.2 Å². The second kappa shape index (κ2) is 7.39. The second-order valence-electron chi connectivity index (χ2n) is 5.00. The van der Waals surface area contributed by atoms with E-state index in [1.165, 1.54) is 6.92 Å². The molecule has 0 aliphatic carbocycles. The van der Waals surface area contributed by atoms with E-state index in [2.05, 4.69) is 15.0 Å². The largest absolute Gasteiger partial charge is 0.495 e. The fraction of sp³-hybridized carbons (Fsp3) is 0.111. The molecule has 0 saturated heterocycles. The number of esters is 1. The normalized spacial score (nSPS) is 10.2. The quantitative estimate of drug-likeness (QED) is 0.522. The fourth-order valence-corrected chi connectivity index (χ4v) is 2.08.